The van der Waals surface area contributed by atoms with Crippen molar-refractivity contribution in [3.63, 3.8) is 0 Å². The van der Waals surface area contributed by atoms with Crippen LogP contribution in [0, 0.1) is 0 Å². The van der Waals surface area contributed by atoms with E-state index in [0.29, 0.717) is 33.0 Å². The van der Waals surface area contributed by atoms with E-state index in [1.807, 2.05) is 20.8 Å². The second-order valence-electron chi connectivity index (χ2n) is 7.19. The number of hydrogen-bond donors (Lipinski definition) is 0. The highest BCUT2D eigenvalue weighted by molar-refractivity contribution is 5.69. The maximum absolute atomic E-state index is 11.4. The van der Waals surface area contributed by atoms with Gasteiger partial charge in [0.2, 0.25) is 0 Å². The Labute approximate surface area is 151 Å². The number of quaternary nitrogens is 1. The molecule has 0 aromatic heterocycles. The summed E-state index contributed by atoms with van der Waals surface area (Å²) in [6, 6.07) is 0. The molecular formula is C16H34BrNO5. The maximum Gasteiger partial charge on any atom is 0.308 e. The number of esters is 1. The molecule has 0 aliphatic heterocycles. The van der Waals surface area contributed by atoms with E-state index in [0.717, 1.165) is 17.6 Å². The van der Waals surface area contributed by atoms with Crippen LogP contribution in [0.15, 0.2) is 0 Å². The lowest BCUT2D eigenvalue weighted by Gasteiger charge is -2.23. The molecule has 0 saturated carbocycles. The van der Waals surface area contributed by atoms with E-state index in [4.69, 9.17) is 18.9 Å². The molecule has 0 fully saturated rings. The van der Waals surface area contributed by atoms with E-state index < -0.39 is 5.60 Å². The first kappa shape index (κ1) is 25.0. The molecule has 0 aromatic carbocycles. The van der Waals surface area contributed by atoms with Crippen molar-refractivity contribution in [3.8, 4) is 0 Å². The first-order valence-corrected chi connectivity index (χ1v) is 7.86. The van der Waals surface area contributed by atoms with E-state index in [2.05, 4.69) is 21.1 Å². The van der Waals surface area contributed by atoms with Crippen LogP contribution in [0.5, 0.6) is 0 Å². The Morgan fingerprint density at radius 1 is 0.826 bits per heavy atom. The summed E-state index contributed by atoms with van der Waals surface area (Å²) < 4.78 is 22.2. The molecule has 0 amide bonds. The van der Waals surface area contributed by atoms with Crippen LogP contribution >= 0.6 is 0 Å². The van der Waals surface area contributed by atoms with Gasteiger partial charge in [-0.15, -0.1) is 0 Å². The SMILES string of the molecule is CC(C)(C)OC(=O)CCOCCOCCOCC[N+](C)(C)C.[Br-]. The van der Waals surface area contributed by atoms with Crippen molar-refractivity contribution >= 4 is 5.97 Å². The van der Waals surface area contributed by atoms with Crippen LogP contribution in [0.4, 0.5) is 0 Å². The summed E-state index contributed by atoms with van der Waals surface area (Å²) in [7, 11) is 6.40. The first-order chi connectivity index (χ1) is 10.1. The largest absolute Gasteiger partial charge is 1.00 e. The molecule has 0 atom stereocenters. The zero-order valence-electron chi connectivity index (χ0n) is 15.5. The Kier molecular flexibility index (Phi) is 14.3. The molecule has 0 radical (unpaired) electrons. The molecule has 140 valence electrons. The smallest absolute Gasteiger partial charge is 0.308 e. The Morgan fingerprint density at radius 2 is 1.26 bits per heavy atom. The predicted octanol–water partition coefficient (Wildman–Crippen LogP) is -1.52. The second-order valence-corrected chi connectivity index (χ2v) is 7.19. The van der Waals surface area contributed by atoms with Gasteiger partial charge in [-0.05, 0) is 20.8 Å². The standard InChI is InChI=1S/C16H34NO5.BrH/c1-16(2,3)22-15(18)7-9-19-11-13-21-14-12-20-10-8-17(4,5)6;/h7-14H2,1-6H3;1H/q+1;/p-1. The van der Waals surface area contributed by atoms with Crippen molar-refractivity contribution in [1.82, 2.24) is 0 Å². The minimum absolute atomic E-state index is 0. The summed E-state index contributed by atoms with van der Waals surface area (Å²) in [5, 5.41) is 0. The maximum atomic E-state index is 11.4. The number of hydrogen-bond acceptors (Lipinski definition) is 5. The molecule has 0 rings (SSSR count). The third kappa shape index (κ3) is 21.8. The molecule has 0 heterocycles. The summed E-state index contributed by atoms with van der Waals surface area (Å²) in [5.74, 6) is -0.237. The van der Waals surface area contributed by atoms with Gasteiger partial charge >= 0.3 is 5.97 Å². The summed E-state index contributed by atoms with van der Waals surface area (Å²) in [4.78, 5) is 11.4. The predicted molar refractivity (Wildman–Crippen MR) is 85.8 cm³/mol. The van der Waals surface area contributed by atoms with Gasteiger partial charge in [-0.25, -0.2) is 0 Å². The van der Waals surface area contributed by atoms with E-state index in [9.17, 15) is 4.79 Å². The molecular weight excluding hydrogens is 366 g/mol. The Balaban J connectivity index is 0. The molecule has 0 unspecified atom stereocenters. The van der Waals surface area contributed by atoms with E-state index >= 15 is 0 Å². The van der Waals surface area contributed by atoms with Gasteiger partial charge in [-0.2, -0.15) is 0 Å². The second kappa shape index (κ2) is 13.1. The minimum atomic E-state index is -0.438. The van der Waals surface area contributed by atoms with Crippen LogP contribution in [-0.2, 0) is 23.7 Å². The van der Waals surface area contributed by atoms with Gasteiger partial charge < -0.3 is 40.4 Å². The molecule has 0 spiro atoms. The zero-order valence-corrected chi connectivity index (χ0v) is 17.1. The fourth-order valence-corrected chi connectivity index (χ4v) is 1.43. The Bertz CT molecular complexity index is 300. The van der Waals surface area contributed by atoms with Gasteiger partial charge in [-0.1, -0.05) is 0 Å². The highest BCUT2D eigenvalue weighted by Crippen LogP contribution is 2.07. The number of rotatable bonds is 12. The van der Waals surface area contributed by atoms with E-state index in [-0.39, 0.29) is 29.4 Å². The number of ether oxygens (including phenoxy) is 4. The van der Waals surface area contributed by atoms with E-state index in [1.54, 1.807) is 0 Å². The number of likely N-dealkylation sites (N-methyl/N-ethyl adjacent to an activating group) is 1. The summed E-state index contributed by atoms with van der Waals surface area (Å²) in [5.41, 5.74) is -0.438. The van der Waals surface area contributed by atoms with Gasteiger partial charge in [0.05, 0.1) is 67.2 Å². The van der Waals surface area contributed by atoms with Crippen molar-refractivity contribution in [3.05, 3.63) is 0 Å². The van der Waals surface area contributed by atoms with Crippen molar-refractivity contribution in [1.29, 1.82) is 0 Å². The molecule has 6 nitrogen and oxygen atoms in total. The quantitative estimate of drug-likeness (QED) is 0.226. The highest BCUT2D eigenvalue weighted by atomic mass is 79.9. The van der Waals surface area contributed by atoms with Gasteiger partial charge in [0.1, 0.15) is 12.1 Å². The number of halogens is 1. The van der Waals surface area contributed by atoms with Crippen molar-refractivity contribution < 1.29 is 45.2 Å². The fraction of sp³-hybridized carbons (Fsp3) is 0.938. The lowest BCUT2D eigenvalue weighted by atomic mass is 10.2. The van der Waals surface area contributed by atoms with Crippen LogP contribution in [0.3, 0.4) is 0 Å². The lowest BCUT2D eigenvalue weighted by molar-refractivity contribution is -0.870. The lowest BCUT2D eigenvalue weighted by Crippen LogP contribution is -3.00. The van der Waals surface area contributed by atoms with Gasteiger partial charge in [-0.3, -0.25) is 4.79 Å². The van der Waals surface area contributed by atoms with Crippen molar-refractivity contribution in [2.45, 2.75) is 32.8 Å². The highest BCUT2D eigenvalue weighted by Gasteiger charge is 2.15. The van der Waals surface area contributed by atoms with Crippen molar-refractivity contribution in [2.75, 3.05) is 67.3 Å². The molecule has 0 N–H and O–H groups in total. The van der Waals surface area contributed by atoms with Gasteiger partial charge in [0, 0.05) is 0 Å². The Morgan fingerprint density at radius 3 is 1.70 bits per heavy atom. The molecule has 0 bridgehead atoms. The molecule has 7 heteroatoms. The molecule has 0 aromatic rings. The molecule has 0 saturated heterocycles. The summed E-state index contributed by atoms with van der Waals surface area (Å²) in [6.07, 6.45) is 0.269. The molecule has 0 aliphatic carbocycles. The topological polar surface area (TPSA) is 54.0 Å². The normalized spacial score (nSPS) is 11.9. The average Bonchev–Trinajstić information content (AvgIpc) is 2.32. The van der Waals surface area contributed by atoms with Crippen LogP contribution in [0.2, 0.25) is 0 Å². The van der Waals surface area contributed by atoms with Gasteiger partial charge in [0.15, 0.2) is 0 Å². The number of nitrogens with zero attached hydrogens (tertiary/aromatic N) is 1. The Hall–Kier alpha value is -0.210. The third-order valence-corrected chi connectivity index (χ3v) is 2.52. The zero-order chi connectivity index (χ0) is 17.1. The minimum Gasteiger partial charge on any atom is -1.00 e. The van der Waals surface area contributed by atoms with Crippen LogP contribution in [-0.4, -0.2) is 83.4 Å². The number of carbonyl (C=O) groups excluding carboxylic acids is 1. The van der Waals surface area contributed by atoms with Crippen LogP contribution in [0.25, 0.3) is 0 Å². The summed E-state index contributed by atoms with van der Waals surface area (Å²) >= 11 is 0. The number of carbonyl (C=O) groups is 1. The fourth-order valence-electron chi connectivity index (χ4n) is 1.43. The van der Waals surface area contributed by atoms with Gasteiger partial charge in [0.25, 0.3) is 0 Å². The first-order valence-electron chi connectivity index (χ1n) is 7.86. The van der Waals surface area contributed by atoms with Crippen LogP contribution < -0.4 is 17.0 Å². The monoisotopic (exact) mass is 399 g/mol. The molecule has 0 aliphatic rings. The van der Waals surface area contributed by atoms with Crippen molar-refractivity contribution in [2.24, 2.45) is 0 Å². The third-order valence-electron chi connectivity index (χ3n) is 2.52. The van der Waals surface area contributed by atoms with Crippen LogP contribution in [0.1, 0.15) is 27.2 Å². The average molecular weight is 400 g/mol. The molecule has 23 heavy (non-hydrogen) atoms. The van der Waals surface area contributed by atoms with E-state index in [1.165, 1.54) is 0 Å². The summed E-state index contributed by atoms with van der Waals surface area (Å²) in [6.45, 7) is 9.76.